The highest BCUT2D eigenvalue weighted by Gasteiger charge is 2.06. The molecule has 4 nitrogen and oxygen atoms in total. The van der Waals surface area contributed by atoms with Crippen LogP contribution in [0.2, 0.25) is 5.02 Å². The van der Waals surface area contributed by atoms with Crippen LogP contribution < -0.4 is 10.4 Å². The molecule has 0 saturated heterocycles. The quantitative estimate of drug-likeness (QED) is 0.748. The van der Waals surface area contributed by atoms with Gasteiger partial charge < -0.3 is 14.3 Å². The molecule has 0 bridgehead atoms. The lowest BCUT2D eigenvalue weighted by Gasteiger charge is -2.08. The molecule has 0 amide bonds. The summed E-state index contributed by atoms with van der Waals surface area (Å²) in [4.78, 5) is 11.5. The molecule has 0 fully saturated rings. The van der Waals surface area contributed by atoms with E-state index in [9.17, 15) is 9.90 Å². The second-order valence-electron chi connectivity index (χ2n) is 4.83. The van der Waals surface area contributed by atoms with Crippen molar-refractivity contribution in [2.45, 2.75) is 13.2 Å². The number of halogens is 1. The number of hydrogen-bond acceptors (Lipinski definition) is 4. The van der Waals surface area contributed by atoms with Gasteiger partial charge in [-0.25, -0.2) is 4.79 Å². The molecular weight excluding hydrogens is 304 g/mol. The van der Waals surface area contributed by atoms with Crippen molar-refractivity contribution in [3.8, 4) is 5.75 Å². The van der Waals surface area contributed by atoms with E-state index in [0.717, 1.165) is 5.56 Å². The fourth-order valence-corrected chi connectivity index (χ4v) is 2.44. The summed E-state index contributed by atoms with van der Waals surface area (Å²) in [7, 11) is 0. The SMILES string of the molecule is O=c1cc(CO)c2ccc(OCc3cccc(Cl)c3)cc2o1. The number of rotatable bonds is 4. The predicted molar refractivity (Wildman–Crippen MR) is 84.2 cm³/mol. The van der Waals surface area contributed by atoms with Crippen LogP contribution in [0.15, 0.2) is 57.7 Å². The summed E-state index contributed by atoms with van der Waals surface area (Å²) in [6.07, 6.45) is 0. The highest BCUT2D eigenvalue weighted by molar-refractivity contribution is 6.30. The van der Waals surface area contributed by atoms with Crippen LogP contribution in [0.5, 0.6) is 5.75 Å². The van der Waals surface area contributed by atoms with Crippen LogP contribution in [0, 0.1) is 0 Å². The molecule has 22 heavy (non-hydrogen) atoms. The zero-order valence-corrected chi connectivity index (χ0v) is 12.3. The van der Waals surface area contributed by atoms with Crippen LogP contribution in [0.1, 0.15) is 11.1 Å². The Labute approximate surface area is 131 Å². The minimum atomic E-state index is -0.497. The third kappa shape index (κ3) is 3.13. The van der Waals surface area contributed by atoms with E-state index in [1.807, 2.05) is 18.2 Å². The Bertz CT molecular complexity index is 870. The summed E-state index contributed by atoms with van der Waals surface area (Å²) < 4.78 is 10.8. The number of aliphatic hydroxyl groups excluding tert-OH is 1. The van der Waals surface area contributed by atoms with Crippen molar-refractivity contribution >= 4 is 22.6 Å². The Hall–Kier alpha value is -2.30. The molecule has 1 N–H and O–H groups in total. The van der Waals surface area contributed by atoms with Crippen LogP contribution >= 0.6 is 11.6 Å². The molecule has 0 aliphatic carbocycles. The van der Waals surface area contributed by atoms with Gasteiger partial charge >= 0.3 is 5.63 Å². The molecule has 2 aromatic carbocycles. The van der Waals surface area contributed by atoms with E-state index in [0.29, 0.717) is 33.9 Å². The van der Waals surface area contributed by atoms with Gasteiger partial charge in [0.2, 0.25) is 0 Å². The number of hydrogen-bond donors (Lipinski definition) is 1. The fourth-order valence-electron chi connectivity index (χ4n) is 2.22. The molecule has 0 spiro atoms. The van der Waals surface area contributed by atoms with Gasteiger partial charge in [0.05, 0.1) is 6.61 Å². The van der Waals surface area contributed by atoms with Crippen LogP contribution in [-0.2, 0) is 13.2 Å². The van der Waals surface area contributed by atoms with Crippen molar-refractivity contribution in [2.75, 3.05) is 0 Å². The summed E-state index contributed by atoms with van der Waals surface area (Å²) in [5, 5.41) is 10.6. The third-order valence-electron chi connectivity index (χ3n) is 3.27. The lowest BCUT2D eigenvalue weighted by atomic mass is 10.1. The molecule has 1 heterocycles. The maximum Gasteiger partial charge on any atom is 0.336 e. The third-order valence-corrected chi connectivity index (χ3v) is 3.50. The van der Waals surface area contributed by atoms with E-state index in [1.165, 1.54) is 6.07 Å². The van der Waals surface area contributed by atoms with E-state index in [-0.39, 0.29) is 6.61 Å². The Morgan fingerprint density at radius 2 is 2.00 bits per heavy atom. The van der Waals surface area contributed by atoms with Crippen molar-refractivity contribution < 1.29 is 14.3 Å². The summed E-state index contributed by atoms with van der Waals surface area (Å²) in [5.41, 5.74) is 1.37. The molecule has 0 unspecified atom stereocenters. The highest BCUT2D eigenvalue weighted by atomic mass is 35.5. The van der Waals surface area contributed by atoms with Crippen LogP contribution in [0.3, 0.4) is 0 Å². The molecule has 0 aliphatic rings. The molecule has 0 saturated carbocycles. The van der Waals surface area contributed by atoms with Crippen molar-refractivity contribution in [1.82, 2.24) is 0 Å². The first-order chi connectivity index (χ1) is 10.7. The van der Waals surface area contributed by atoms with Crippen LogP contribution in [0.25, 0.3) is 11.0 Å². The standard InChI is InChI=1S/C17H13ClO4/c18-13-3-1-2-11(6-13)10-21-14-4-5-15-12(9-19)7-17(20)22-16(15)8-14/h1-8,19H,9-10H2. The zero-order chi connectivity index (χ0) is 15.5. The van der Waals surface area contributed by atoms with Gasteiger partial charge in [-0.2, -0.15) is 0 Å². The fraction of sp³-hybridized carbons (Fsp3) is 0.118. The topological polar surface area (TPSA) is 59.7 Å². The first-order valence-electron chi connectivity index (χ1n) is 6.70. The Kier molecular flexibility index (Phi) is 4.13. The minimum Gasteiger partial charge on any atom is -0.489 e. The largest absolute Gasteiger partial charge is 0.489 e. The molecule has 0 aliphatic heterocycles. The summed E-state index contributed by atoms with van der Waals surface area (Å²) >= 11 is 5.93. The highest BCUT2D eigenvalue weighted by Crippen LogP contribution is 2.23. The number of ether oxygens (including phenoxy) is 1. The minimum absolute atomic E-state index is 0.217. The van der Waals surface area contributed by atoms with Gasteiger partial charge in [0.15, 0.2) is 0 Å². The summed E-state index contributed by atoms with van der Waals surface area (Å²) in [5.74, 6) is 0.575. The van der Waals surface area contributed by atoms with Gasteiger partial charge in [-0.15, -0.1) is 0 Å². The van der Waals surface area contributed by atoms with Crippen molar-refractivity contribution in [2.24, 2.45) is 0 Å². The van der Waals surface area contributed by atoms with Gasteiger partial charge in [0.25, 0.3) is 0 Å². The molecule has 0 atom stereocenters. The molecule has 3 aromatic rings. The van der Waals surface area contributed by atoms with E-state index >= 15 is 0 Å². The first-order valence-corrected chi connectivity index (χ1v) is 7.08. The van der Waals surface area contributed by atoms with E-state index in [2.05, 4.69) is 0 Å². The average molecular weight is 317 g/mol. The summed E-state index contributed by atoms with van der Waals surface area (Å²) in [6, 6.07) is 13.8. The van der Waals surface area contributed by atoms with E-state index < -0.39 is 5.63 Å². The Morgan fingerprint density at radius 3 is 2.77 bits per heavy atom. The maximum atomic E-state index is 11.5. The normalized spacial score (nSPS) is 10.8. The smallest absolute Gasteiger partial charge is 0.336 e. The zero-order valence-electron chi connectivity index (χ0n) is 11.6. The molecule has 0 radical (unpaired) electrons. The van der Waals surface area contributed by atoms with Crippen molar-refractivity contribution in [3.05, 3.63) is 75.1 Å². The van der Waals surface area contributed by atoms with Crippen molar-refractivity contribution in [3.63, 3.8) is 0 Å². The lowest BCUT2D eigenvalue weighted by molar-refractivity contribution is 0.282. The number of aliphatic hydroxyl groups is 1. The first kappa shape index (κ1) is 14.6. The van der Waals surface area contributed by atoms with Gasteiger partial charge in [-0.05, 0) is 35.4 Å². The van der Waals surface area contributed by atoms with Gasteiger partial charge in [0.1, 0.15) is 17.9 Å². The van der Waals surface area contributed by atoms with Crippen LogP contribution in [-0.4, -0.2) is 5.11 Å². The van der Waals surface area contributed by atoms with E-state index in [4.69, 9.17) is 20.8 Å². The molecule has 3 rings (SSSR count). The lowest BCUT2D eigenvalue weighted by Crippen LogP contribution is -2.01. The number of benzene rings is 2. The Morgan fingerprint density at radius 1 is 1.14 bits per heavy atom. The second-order valence-corrected chi connectivity index (χ2v) is 5.26. The maximum absolute atomic E-state index is 11.5. The van der Waals surface area contributed by atoms with Gasteiger partial charge in [-0.1, -0.05) is 23.7 Å². The molecule has 112 valence electrons. The molecule has 5 heteroatoms. The average Bonchev–Trinajstić information content (AvgIpc) is 2.51. The second kappa shape index (κ2) is 6.22. The van der Waals surface area contributed by atoms with Crippen LogP contribution in [0.4, 0.5) is 0 Å². The monoisotopic (exact) mass is 316 g/mol. The van der Waals surface area contributed by atoms with Gasteiger partial charge in [-0.3, -0.25) is 0 Å². The summed E-state index contributed by atoms with van der Waals surface area (Å²) in [6.45, 7) is 0.140. The van der Waals surface area contributed by atoms with E-state index in [1.54, 1.807) is 24.3 Å². The van der Waals surface area contributed by atoms with Crippen molar-refractivity contribution in [1.29, 1.82) is 0 Å². The molecular formula is C17H13ClO4. The predicted octanol–water partition coefficient (Wildman–Crippen LogP) is 3.52. The van der Waals surface area contributed by atoms with Gasteiger partial charge in [0, 0.05) is 22.5 Å². The Balaban J connectivity index is 1.87. The molecule has 1 aromatic heterocycles. The number of fused-ring (bicyclic) bond motifs is 1.